The quantitative estimate of drug-likeness (QED) is 0.474. The van der Waals surface area contributed by atoms with Gasteiger partial charge < -0.3 is 10.2 Å². The molecule has 0 aliphatic rings. The smallest absolute Gasteiger partial charge is 0.115 e. The first-order chi connectivity index (χ1) is 13.2. The van der Waals surface area contributed by atoms with Crippen LogP contribution in [0.4, 0.5) is 0 Å². The maximum Gasteiger partial charge on any atom is 0.115 e. The highest BCUT2D eigenvalue weighted by molar-refractivity contribution is 5.60. The third-order valence-corrected chi connectivity index (χ3v) is 5.01. The molecule has 4 aromatic rings. The van der Waals surface area contributed by atoms with Gasteiger partial charge in [-0.05, 0) is 46.5 Å². The van der Waals surface area contributed by atoms with Gasteiger partial charge in [-0.15, -0.1) is 0 Å². The van der Waals surface area contributed by atoms with E-state index in [2.05, 4.69) is 24.3 Å². The van der Waals surface area contributed by atoms with Crippen LogP contribution in [0, 0.1) is 0 Å². The van der Waals surface area contributed by atoms with Crippen LogP contribution in [-0.2, 0) is 5.41 Å². The SMILES string of the molecule is Oc1ccc(C(c2ccccc2)(c2ccc(O)cc2)[13c]2[13cH][13cH][13cH][13cH][13cH]2)cc1. The van der Waals surface area contributed by atoms with Crippen molar-refractivity contribution in [3.8, 4) is 11.5 Å². The standard InChI is InChI=1S/C25H20O2/c26-23-15-11-21(12-16-23)25(19-7-3-1-4-8-19,20-9-5-2-6-10-20)22-13-17-24(27)18-14-22/h1-18,26-27H/i1+1,3+1,4+1,7+1,8+1,19+1. The molecule has 0 spiro atoms. The summed E-state index contributed by atoms with van der Waals surface area (Å²) in [6.07, 6.45) is 0. The van der Waals surface area contributed by atoms with Crippen molar-refractivity contribution in [2.24, 2.45) is 0 Å². The highest BCUT2D eigenvalue weighted by atomic mass is 16.3. The fraction of sp³-hybridized carbons (Fsp3) is 0.0400. The third kappa shape index (κ3) is 2.96. The van der Waals surface area contributed by atoms with Crippen molar-refractivity contribution in [1.82, 2.24) is 0 Å². The molecular formula is C25H20O2. The molecule has 0 heterocycles. The maximum atomic E-state index is 9.84. The highest BCUT2D eigenvalue weighted by Gasteiger charge is 2.38. The molecule has 132 valence electrons. The Kier molecular flexibility index (Phi) is 4.39. The minimum atomic E-state index is -0.566. The number of hydrogen-bond donors (Lipinski definition) is 2. The summed E-state index contributed by atoms with van der Waals surface area (Å²) in [4.78, 5) is 0. The largest absolute Gasteiger partial charge is 0.508 e. The molecule has 0 aliphatic carbocycles. The van der Waals surface area contributed by atoms with E-state index in [4.69, 9.17) is 0 Å². The molecule has 0 saturated heterocycles. The molecule has 0 aliphatic heterocycles. The molecule has 0 bridgehead atoms. The number of phenolic OH excluding ortho intramolecular Hbond substituents is 2. The molecule has 0 amide bonds. The lowest BCUT2D eigenvalue weighted by Crippen LogP contribution is -2.30. The minimum Gasteiger partial charge on any atom is -0.508 e. The van der Waals surface area contributed by atoms with Gasteiger partial charge in [-0.25, -0.2) is 0 Å². The zero-order valence-corrected chi connectivity index (χ0v) is 14.8. The second-order valence-corrected chi connectivity index (χ2v) is 6.58. The monoisotopic (exact) mass is 358 g/mol. The van der Waals surface area contributed by atoms with Crippen LogP contribution < -0.4 is 0 Å². The molecule has 0 unspecified atom stereocenters. The molecule has 4 aromatic carbocycles. The number of rotatable bonds is 4. The molecule has 2 heteroatoms. The molecule has 27 heavy (non-hydrogen) atoms. The molecule has 0 radical (unpaired) electrons. The summed E-state index contributed by atoms with van der Waals surface area (Å²) in [5.74, 6) is 0.471. The van der Waals surface area contributed by atoms with Gasteiger partial charge in [0.15, 0.2) is 0 Å². The molecule has 2 nitrogen and oxygen atoms in total. The Morgan fingerprint density at radius 2 is 0.667 bits per heavy atom. The van der Waals surface area contributed by atoms with Crippen molar-refractivity contribution in [2.75, 3.05) is 0 Å². The summed E-state index contributed by atoms with van der Waals surface area (Å²) < 4.78 is 0. The Balaban J connectivity index is 2.11. The molecule has 0 fully saturated rings. The van der Waals surface area contributed by atoms with Crippen molar-refractivity contribution >= 4 is 0 Å². The normalized spacial score (nSPS) is 11.3. The molecule has 4 rings (SSSR count). The number of aromatic hydroxyl groups is 2. The first kappa shape index (κ1) is 16.9. The van der Waals surface area contributed by atoms with E-state index in [0.29, 0.717) is 0 Å². The fourth-order valence-corrected chi connectivity index (χ4v) is 3.80. The van der Waals surface area contributed by atoms with Gasteiger partial charge >= 0.3 is 0 Å². The van der Waals surface area contributed by atoms with E-state index in [1.165, 1.54) is 0 Å². The highest BCUT2D eigenvalue weighted by Crippen LogP contribution is 2.45. The number of phenols is 2. The zero-order valence-electron chi connectivity index (χ0n) is 14.8. The predicted molar refractivity (Wildman–Crippen MR) is 108 cm³/mol. The lowest BCUT2D eigenvalue weighted by Gasteiger charge is -2.36. The second-order valence-electron chi connectivity index (χ2n) is 6.58. The Bertz CT molecular complexity index is 918. The Morgan fingerprint density at radius 3 is 1.00 bits per heavy atom. The van der Waals surface area contributed by atoms with Gasteiger partial charge in [-0.2, -0.15) is 0 Å². The van der Waals surface area contributed by atoms with E-state index in [0.717, 1.165) is 22.3 Å². The van der Waals surface area contributed by atoms with Crippen LogP contribution in [0.3, 0.4) is 0 Å². The Labute approximate surface area is 159 Å². The second kappa shape index (κ2) is 7.00. The van der Waals surface area contributed by atoms with Gasteiger partial charge in [0, 0.05) is 0 Å². The average Bonchev–Trinajstić information content (AvgIpc) is 2.73. The van der Waals surface area contributed by atoms with E-state index in [1.807, 2.05) is 60.7 Å². The van der Waals surface area contributed by atoms with Gasteiger partial charge in [-0.1, -0.05) is 84.9 Å². The van der Waals surface area contributed by atoms with Crippen LogP contribution in [-0.4, -0.2) is 10.2 Å². The predicted octanol–water partition coefficient (Wildman–Crippen LogP) is 5.48. The number of benzene rings is 4. The lowest BCUT2D eigenvalue weighted by atomic mass is 9.74. The van der Waals surface area contributed by atoms with E-state index >= 15 is 0 Å². The van der Waals surface area contributed by atoms with Gasteiger partial charge in [0.2, 0.25) is 0 Å². The van der Waals surface area contributed by atoms with Crippen molar-refractivity contribution in [3.05, 3.63) is 131 Å². The lowest BCUT2D eigenvalue weighted by molar-refractivity contribution is 0.474. The van der Waals surface area contributed by atoms with Gasteiger partial charge in [0.25, 0.3) is 0 Å². The van der Waals surface area contributed by atoms with Crippen molar-refractivity contribution in [2.45, 2.75) is 5.41 Å². The first-order valence-electron chi connectivity index (χ1n) is 8.91. The summed E-state index contributed by atoms with van der Waals surface area (Å²) in [6.45, 7) is 0. The average molecular weight is 358 g/mol. The minimum absolute atomic E-state index is 0.236. The molecule has 0 aromatic heterocycles. The third-order valence-electron chi connectivity index (χ3n) is 5.01. The van der Waals surface area contributed by atoms with E-state index in [9.17, 15) is 10.2 Å². The van der Waals surface area contributed by atoms with Crippen molar-refractivity contribution in [3.63, 3.8) is 0 Å². The zero-order chi connectivity index (χ0) is 18.7. The number of hydrogen-bond acceptors (Lipinski definition) is 2. The fourth-order valence-electron chi connectivity index (χ4n) is 3.80. The van der Waals surface area contributed by atoms with E-state index < -0.39 is 5.41 Å². The van der Waals surface area contributed by atoms with Crippen LogP contribution in [0.2, 0.25) is 0 Å². The molecule has 0 saturated carbocycles. The summed E-state index contributed by atoms with van der Waals surface area (Å²) in [5, 5.41) is 19.7. The Hall–Kier alpha value is -3.52. The van der Waals surface area contributed by atoms with E-state index in [-0.39, 0.29) is 11.5 Å². The van der Waals surface area contributed by atoms with Crippen LogP contribution >= 0.6 is 0 Å². The van der Waals surface area contributed by atoms with Gasteiger partial charge in [-0.3, -0.25) is 0 Å². The van der Waals surface area contributed by atoms with Gasteiger partial charge in [0.05, 0.1) is 5.41 Å². The maximum absolute atomic E-state index is 9.84. The van der Waals surface area contributed by atoms with Crippen LogP contribution in [0.15, 0.2) is 109 Å². The van der Waals surface area contributed by atoms with Crippen molar-refractivity contribution in [1.29, 1.82) is 0 Å². The van der Waals surface area contributed by atoms with Gasteiger partial charge in [0.1, 0.15) is 11.5 Å². The molecule has 2 N–H and O–H groups in total. The van der Waals surface area contributed by atoms with Crippen LogP contribution in [0.5, 0.6) is 11.5 Å². The van der Waals surface area contributed by atoms with Crippen molar-refractivity contribution < 1.29 is 10.2 Å². The summed E-state index contributed by atoms with van der Waals surface area (Å²) in [5.41, 5.74) is 3.76. The molecular weight excluding hydrogens is 338 g/mol. The topological polar surface area (TPSA) is 40.5 Å². The summed E-state index contributed by atoms with van der Waals surface area (Å²) >= 11 is 0. The first-order valence-corrected chi connectivity index (χ1v) is 8.91. The van der Waals surface area contributed by atoms with E-state index in [1.54, 1.807) is 24.3 Å². The van der Waals surface area contributed by atoms with Crippen LogP contribution in [0.25, 0.3) is 0 Å². The molecule has 0 atom stereocenters. The summed E-state index contributed by atoms with van der Waals surface area (Å²) in [7, 11) is 0. The van der Waals surface area contributed by atoms with Crippen LogP contribution in [0.1, 0.15) is 22.3 Å². The summed E-state index contributed by atoms with van der Waals surface area (Å²) in [6, 6.07) is 35.3. The Morgan fingerprint density at radius 1 is 0.370 bits per heavy atom.